The lowest BCUT2D eigenvalue weighted by Gasteiger charge is -2.10. The number of hydrogen-bond donors (Lipinski definition) is 1. The minimum atomic E-state index is -0.572. The number of halogens is 3. The molecule has 0 saturated heterocycles. The molecule has 2 nitrogen and oxygen atoms in total. The summed E-state index contributed by atoms with van der Waals surface area (Å²) in [6, 6.07) is 8.41. The minimum Gasteiger partial charge on any atom is -0.451 e. The van der Waals surface area contributed by atoms with Crippen molar-refractivity contribution in [2.75, 3.05) is 0 Å². The number of hydrogen-bond acceptors (Lipinski definition) is 2. The van der Waals surface area contributed by atoms with Crippen LogP contribution in [0.4, 0.5) is 8.78 Å². The second-order valence-electron chi connectivity index (χ2n) is 4.16. The van der Waals surface area contributed by atoms with Crippen LogP contribution in [0.25, 0.3) is 0 Å². The van der Waals surface area contributed by atoms with Crippen LogP contribution in [-0.4, -0.2) is 0 Å². The first-order valence-corrected chi connectivity index (χ1v) is 6.44. The van der Waals surface area contributed by atoms with Gasteiger partial charge in [0.2, 0.25) is 0 Å². The van der Waals surface area contributed by atoms with Crippen molar-refractivity contribution in [1.29, 1.82) is 0 Å². The predicted octanol–water partition coefficient (Wildman–Crippen LogP) is 4.54. The van der Waals surface area contributed by atoms with E-state index in [1.165, 1.54) is 24.3 Å². The van der Waals surface area contributed by atoms with Gasteiger partial charge >= 0.3 is 0 Å². The molecular formula is C14H12BrF2NO. The SMILES string of the molecule is C[C@@H](N)c1ccc(Oc2ccc(Br)cc2F)c(F)c1. The van der Waals surface area contributed by atoms with Gasteiger partial charge in [-0.15, -0.1) is 0 Å². The summed E-state index contributed by atoms with van der Waals surface area (Å²) < 4.78 is 33.2. The molecule has 0 radical (unpaired) electrons. The molecule has 0 aliphatic carbocycles. The molecule has 0 bridgehead atoms. The highest BCUT2D eigenvalue weighted by Crippen LogP contribution is 2.29. The molecule has 0 saturated carbocycles. The molecule has 1 atom stereocenters. The van der Waals surface area contributed by atoms with Crippen LogP contribution >= 0.6 is 15.9 Å². The topological polar surface area (TPSA) is 35.2 Å². The van der Waals surface area contributed by atoms with E-state index >= 15 is 0 Å². The van der Waals surface area contributed by atoms with E-state index in [0.717, 1.165) is 0 Å². The Hall–Kier alpha value is -1.46. The molecule has 0 amide bonds. The van der Waals surface area contributed by atoms with Crippen LogP contribution in [0.1, 0.15) is 18.5 Å². The summed E-state index contributed by atoms with van der Waals surface area (Å²) in [5.74, 6) is -1.21. The van der Waals surface area contributed by atoms with E-state index in [0.29, 0.717) is 10.0 Å². The highest BCUT2D eigenvalue weighted by atomic mass is 79.9. The first-order valence-electron chi connectivity index (χ1n) is 5.65. The van der Waals surface area contributed by atoms with Gasteiger partial charge in [0, 0.05) is 10.5 Å². The van der Waals surface area contributed by atoms with Crippen LogP contribution < -0.4 is 10.5 Å². The summed E-state index contributed by atoms with van der Waals surface area (Å²) in [6.45, 7) is 1.75. The van der Waals surface area contributed by atoms with Crippen LogP contribution in [0, 0.1) is 11.6 Å². The van der Waals surface area contributed by atoms with Crippen molar-refractivity contribution in [3.63, 3.8) is 0 Å². The first kappa shape index (κ1) is 14.0. The molecule has 0 unspecified atom stereocenters. The molecule has 5 heteroatoms. The smallest absolute Gasteiger partial charge is 0.166 e. The fourth-order valence-corrected chi connectivity index (χ4v) is 1.89. The van der Waals surface area contributed by atoms with E-state index in [1.807, 2.05) is 0 Å². The minimum absolute atomic E-state index is 0.0318. The molecule has 19 heavy (non-hydrogen) atoms. The van der Waals surface area contributed by atoms with E-state index < -0.39 is 11.6 Å². The van der Waals surface area contributed by atoms with Gasteiger partial charge in [0.25, 0.3) is 0 Å². The summed E-state index contributed by atoms with van der Waals surface area (Å²) >= 11 is 3.14. The van der Waals surface area contributed by atoms with Gasteiger partial charge in [-0.1, -0.05) is 22.0 Å². The molecular weight excluding hydrogens is 316 g/mol. The average molecular weight is 328 g/mol. The molecule has 2 N–H and O–H groups in total. The highest BCUT2D eigenvalue weighted by Gasteiger charge is 2.11. The van der Waals surface area contributed by atoms with Gasteiger partial charge in [-0.2, -0.15) is 0 Å². The molecule has 2 aromatic carbocycles. The van der Waals surface area contributed by atoms with E-state index in [1.54, 1.807) is 19.1 Å². The number of benzene rings is 2. The fourth-order valence-electron chi connectivity index (χ4n) is 1.56. The van der Waals surface area contributed by atoms with Gasteiger partial charge in [0.05, 0.1) is 0 Å². The van der Waals surface area contributed by atoms with Gasteiger partial charge in [-0.05, 0) is 42.8 Å². The molecule has 0 heterocycles. The lowest BCUT2D eigenvalue weighted by Crippen LogP contribution is -2.05. The van der Waals surface area contributed by atoms with Crippen molar-refractivity contribution in [2.45, 2.75) is 13.0 Å². The van der Waals surface area contributed by atoms with Gasteiger partial charge in [0.15, 0.2) is 23.1 Å². The largest absolute Gasteiger partial charge is 0.451 e. The average Bonchev–Trinajstić information content (AvgIpc) is 2.34. The third kappa shape index (κ3) is 3.30. The fraction of sp³-hybridized carbons (Fsp3) is 0.143. The number of rotatable bonds is 3. The highest BCUT2D eigenvalue weighted by molar-refractivity contribution is 9.10. The van der Waals surface area contributed by atoms with Gasteiger partial charge in [0.1, 0.15) is 0 Å². The van der Waals surface area contributed by atoms with Crippen molar-refractivity contribution in [1.82, 2.24) is 0 Å². The van der Waals surface area contributed by atoms with Gasteiger partial charge in [-0.3, -0.25) is 0 Å². The Kier molecular flexibility index (Phi) is 4.17. The van der Waals surface area contributed by atoms with E-state index in [2.05, 4.69) is 15.9 Å². The lowest BCUT2D eigenvalue weighted by atomic mass is 10.1. The molecule has 100 valence electrons. The molecule has 2 rings (SSSR count). The normalized spacial score (nSPS) is 12.3. The second kappa shape index (κ2) is 5.67. The molecule has 2 aromatic rings. The Morgan fingerprint density at radius 3 is 2.16 bits per heavy atom. The zero-order valence-electron chi connectivity index (χ0n) is 10.2. The maximum Gasteiger partial charge on any atom is 0.166 e. The summed E-state index contributed by atoms with van der Waals surface area (Å²) in [5, 5.41) is 0. The second-order valence-corrected chi connectivity index (χ2v) is 5.07. The van der Waals surface area contributed by atoms with Crippen molar-refractivity contribution >= 4 is 15.9 Å². The van der Waals surface area contributed by atoms with Crippen LogP contribution in [0.2, 0.25) is 0 Å². The monoisotopic (exact) mass is 327 g/mol. The van der Waals surface area contributed by atoms with Gasteiger partial charge < -0.3 is 10.5 Å². The zero-order chi connectivity index (χ0) is 14.0. The maximum atomic E-state index is 13.8. The van der Waals surface area contributed by atoms with Crippen molar-refractivity contribution in [3.8, 4) is 11.5 Å². The van der Waals surface area contributed by atoms with E-state index in [9.17, 15) is 8.78 Å². The van der Waals surface area contributed by atoms with Crippen LogP contribution in [0.3, 0.4) is 0 Å². The molecule has 0 aromatic heterocycles. The summed E-state index contributed by atoms with van der Waals surface area (Å²) in [5.41, 5.74) is 6.31. The van der Waals surface area contributed by atoms with Crippen molar-refractivity contribution in [2.24, 2.45) is 5.73 Å². The van der Waals surface area contributed by atoms with E-state index in [4.69, 9.17) is 10.5 Å². The molecule has 0 aliphatic heterocycles. The third-order valence-corrected chi connectivity index (χ3v) is 3.09. The summed E-state index contributed by atoms with van der Waals surface area (Å²) in [7, 11) is 0. The zero-order valence-corrected chi connectivity index (χ0v) is 11.7. The first-order chi connectivity index (χ1) is 8.97. The summed E-state index contributed by atoms with van der Waals surface area (Å²) in [4.78, 5) is 0. The van der Waals surface area contributed by atoms with Crippen LogP contribution in [-0.2, 0) is 0 Å². The standard InChI is InChI=1S/C14H12BrF2NO/c1-8(18)9-2-4-13(11(16)6-9)19-14-5-3-10(15)7-12(14)17/h2-8H,18H2,1H3/t8-/m1/s1. The number of ether oxygens (including phenoxy) is 1. The Labute approximate surface area is 118 Å². The van der Waals surface area contributed by atoms with Gasteiger partial charge in [-0.25, -0.2) is 8.78 Å². The van der Waals surface area contributed by atoms with Crippen LogP contribution in [0.15, 0.2) is 40.9 Å². The third-order valence-electron chi connectivity index (χ3n) is 2.60. The molecule has 0 spiro atoms. The quantitative estimate of drug-likeness (QED) is 0.898. The predicted molar refractivity (Wildman–Crippen MR) is 73.2 cm³/mol. The Bertz CT molecular complexity index is 602. The maximum absolute atomic E-state index is 13.8. The Morgan fingerprint density at radius 1 is 1.05 bits per heavy atom. The number of nitrogens with two attached hydrogens (primary N) is 1. The van der Waals surface area contributed by atoms with Crippen molar-refractivity contribution in [3.05, 3.63) is 58.1 Å². The molecule has 0 fully saturated rings. The van der Waals surface area contributed by atoms with E-state index in [-0.39, 0.29) is 17.5 Å². The summed E-state index contributed by atoms with van der Waals surface area (Å²) in [6.07, 6.45) is 0. The van der Waals surface area contributed by atoms with Crippen LogP contribution in [0.5, 0.6) is 11.5 Å². The Morgan fingerprint density at radius 2 is 1.63 bits per heavy atom. The van der Waals surface area contributed by atoms with Crippen molar-refractivity contribution < 1.29 is 13.5 Å². The lowest BCUT2D eigenvalue weighted by molar-refractivity contribution is 0.414. The Balaban J connectivity index is 2.28. The molecule has 0 aliphatic rings.